The predicted molar refractivity (Wildman–Crippen MR) is 68.8 cm³/mol. The average molecular weight is 338 g/mol. The van der Waals surface area contributed by atoms with Gasteiger partial charge in [0, 0.05) is 13.8 Å². The van der Waals surface area contributed by atoms with Gasteiger partial charge in [-0.2, -0.15) is 0 Å². The molecule has 0 bridgehead atoms. The van der Waals surface area contributed by atoms with Crippen molar-refractivity contribution in [1.29, 1.82) is 0 Å². The molecule has 0 aliphatic rings. The molecule has 0 spiro atoms. The van der Waals surface area contributed by atoms with Crippen molar-refractivity contribution in [1.82, 2.24) is 0 Å². The Balaban J connectivity index is 2.65. The third-order valence-electron chi connectivity index (χ3n) is 1.88. The number of esters is 1. The van der Waals surface area contributed by atoms with Gasteiger partial charge in [-0.05, 0) is 47.2 Å². The molecule has 0 radical (unpaired) electrons. The Labute approximate surface area is 105 Å². The molecule has 1 aromatic rings. The van der Waals surface area contributed by atoms with Gasteiger partial charge in [0.2, 0.25) is 0 Å². The van der Waals surface area contributed by atoms with E-state index in [0.29, 0.717) is 15.7 Å². The third-order valence-corrected chi connectivity index (χ3v) is 3.48. The fourth-order valence-electron chi connectivity index (χ4n) is 1.04. The number of ether oxygens (including phenoxy) is 1. The highest BCUT2D eigenvalue weighted by atomic mass is 127. The second-order valence-electron chi connectivity index (χ2n) is 3.11. The van der Waals surface area contributed by atoms with Gasteiger partial charge < -0.3 is 4.74 Å². The maximum atomic E-state index is 12.8. The lowest BCUT2D eigenvalue weighted by molar-refractivity contribution is 0.0504. The Kier molecular flexibility index (Phi) is 5.24. The summed E-state index contributed by atoms with van der Waals surface area (Å²) in [5.74, 6) is -0.704. The summed E-state index contributed by atoms with van der Waals surface area (Å²) in [6.45, 7) is 0.454. The monoisotopic (exact) mass is 338 g/mol. The zero-order valence-electron chi connectivity index (χ0n) is 8.43. The Morgan fingerprint density at radius 3 is 2.87 bits per heavy atom. The quantitative estimate of drug-likeness (QED) is 0.362. The van der Waals surface area contributed by atoms with E-state index in [-0.39, 0.29) is 11.8 Å². The summed E-state index contributed by atoms with van der Waals surface area (Å²) >= 11 is 1.93. The van der Waals surface area contributed by atoms with Gasteiger partial charge in [0.25, 0.3) is 0 Å². The summed E-state index contributed by atoms with van der Waals surface area (Å²) in [5.41, 5.74) is 0.436. The SMILES string of the molecule is O=C(OCCC[SiH3])c1ccc(F)cc1I. The largest absolute Gasteiger partial charge is 0.462 e. The van der Waals surface area contributed by atoms with Crippen molar-refractivity contribution in [3.63, 3.8) is 0 Å². The van der Waals surface area contributed by atoms with Gasteiger partial charge in [-0.25, -0.2) is 9.18 Å². The van der Waals surface area contributed by atoms with Crippen LogP contribution in [0.1, 0.15) is 16.8 Å². The minimum absolute atomic E-state index is 0.337. The maximum absolute atomic E-state index is 12.8. The molecule has 1 rings (SSSR count). The van der Waals surface area contributed by atoms with Crippen LogP contribution < -0.4 is 0 Å². The molecule has 2 nitrogen and oxygen atoms in total. The van der Waals surface area contributed by atoms with Crippen LogP contribution in [0.3, 0.4) is 0 Å². The van der Waals surface area contributed by atoms with E-state index >= 15 is 0 Å². The number of carbonyl (C=O) groups is 1. The van der Waals surface area contributed by atoms with Crippen LogP contribution >= 0.6 is 22.6 Å². The van der Waals surface area contributed by atoms with Gasteiger partial charge in [-0.3, -0.25) is 0 Å². The van der Waals surface area contributed by atoms with Crippen LogP contribution in [0.5, 0.6) is 0 Å². The minimum atomic E-state index is -0.366. The standard InChI is InChI=1S/C10H12FIO2Si/c11-7-2-3-8(9(12)6-7)10(13)14-4-1-5-15/h2-3,6H,1,4-5H2,15H3. The van der Waals surface area contributed by atoms with Crippen LogP contribution in [0.4, 0.5) is 4.39 Å². The van der Waals surface area contributed by atoms with Crippen molar-refractivity contribution < 1.29 is 13.9 Å². The number of rotatable bonds is 4. The molecule has 0 saturated carbocycles. The lowest BCUT2D eigenvalue weighted by Gasteiger charge is -2.05. The van der Waals surface area contributed by atoms with E-state index in [1.54, 1.807) is 0 Å². The molecular formula is C10H12FIO2Si. The van der Waals surface area contributed by atoms with Gasteiger partial charge in [0.05, 0.1) is 12.2 Å². The van der Waals surface area contributed by atoms with Crippen LogP contribution in [0, 0.1) is 9.39 Å². The molecule has 15 heavy (non-hydrogen) atoms. The first kappa shape index (κ1) is 12.6. The summed E-state index contributed by atoms with van der Waals surface area (Å²) in [6, 6.07) is 5.17. The lowest BCUT2D eigenvalue weighted by atomic mass is 10.2. The fourth-order valence-corrected chi connectivity index (χ4v) is 2.03. The van der Waals surface area contributed by atoms with Gasteiger partial charge in [-0.1, -0.05) is 6.04 Å². The van der Waals surface area contributed by atoms with Crippen molar-refractivity contribution in [3.8, 4) is 0 Å². The van der Waals surface area contributed by atoms with Crippen molar-refractivity contribution in [2.45, 2.75) is 12.5 Å². The molecular weight excluding hydrogens is 326 g/mol. The van der Waals surface area contributed by atoms with E-state index in [9.17, 15) is 9.18 Å². The van der Waals surface area contributed by atoms with Gasteiger partial charge in [0.15, 0.2) is 0 Å². The first-order valence-electron chi connectivity index (χ1n) is 4.77. The molecule has 0 unspecified atom stereocenters. The molecule has 0 amide bonds. The van der Waals surface area contributed by atoms with E-state index in [4.69, 9.17) is 4.74 Å². The second kappa shape index (κ2) is 6.22. The Morgan fingerprint density at radius 2 is 2.27 bits per heavy atom. The number of carbonyl (C=O) groups excluding carboxylic acids is 1. The number of benzene rings is 1. The van der Waals surface area contributed by atoms with Crippen molar-refractivity contribution in [3.05, 3.63) is 33.1 Å². The zero-order valence-corrected chi connectivity index (χ0v) is 12.6. The summed E-state index contributed by atoms with van der Waals surface area (Å²) < 4.78 is 18.4. The number of hydrogen-bond donors (Lipinski definition) is 0. The van der Waals surface area contributed by atoms with E-state index < -0.39 is 0 Å². The molecule has 5 heteroatoms. The molecule has 0 atom stereocenters. The highest BCUT2D eigenvalue weighted by Gasteiger charge is 2.11. The van der Waals surface area contributed by atoms with Crippen LogP contribution in [0.2, 0.25) is 6.04 Å². The second-order valence-corrected chi connectivity index (χ2v) is 5.28. The van der Waals surface area contributed by atoms with Crippen LogP contribution in [-0.2, 0) is 4.74 Å². The number of halogens is 2. The molecule has 0 heterocycles. The van der Waals surface area contributed by atoms with Crippen LogP contribution in [0.25, 0.3) is 0 Å². The molecule has 1 aromatic carbocycles. The average Bonchev–Trinajstić information content (AvgIpc) is 2.17. The topological polar surface area (TPSA) is 26.3 Å². The Bertz CT molecular complexity index is 357. The summed E-state index contributed by atoms with van der Waals surface area (Å²) in [7, 11) is 1.12. The first-order chi connectivity index (χ1) is 7.15. The van der Waals surface area contributed by atoms with Crippen LogP contribution in [-0.4, -0.2) is 22.8 Å². The lowest BCUT2D eigenvalue weighted by Crippen LogP contribution is -2.08. The highest BCUT2D eigenvalue weighted by Crippen LogP contribution is 2.15. The molecule has 0 N–H and O–H groups in total. The van der Waals surface area contributed by atoms with E-state index in [2.05, 4.69) is 0 Å². The molecule has 0 aliphatic heterocycles. The van der Waals surface area contributed by atoms with E-state index in [1.165, 1.54) is 18.2 Å². The number of hydrogen-bond acceptors (Lipinski definition) is 2. The maximum Gasteiger partial charge on any atom is 0.339 e. The van der Waals surface area contributed by atoms with Gasteiger partial charge in [0.1, 0.15) is 5.82 Å². The third kappa shape index (κ3) is 3.90. The van der Waals surface area contributed by atoms with Crippen molar-refractivity contribution in [2.24, 2.45) is 0 Å². The summed E-state index contributed by atoms with van der Waals surface area (Å²) in [4.78, 5) is 11.5. The summed E-state index contributed by atoms with van der Waals surface area (Å²) in [5, 5.41) is 0. The Morgan fingerprint density at radius 1 is 1.53 bits per heavy atom. The highest BCUT2D eigenvalue weighted by molar-refractivity contribution is 14.1. The summed E-state index contributed by atoms with van der Waals surface area (Å²) in [6.07, 6.45) is 0.912. The van der Waals surface area contributed by atoms with Crippen molar-refractivity contribution in [2.75, 3.05) is 6.61 Å². The molecule has 0 saturated heterocycles. The zero-order chi connectivity index (χ0) is 11.3. The first-order valence-corrected chi connectivity index (χ1v) is 7.26. The predicted octanol–water partition coefficient (Wildman–Crippen LogP) is 1.76. The van der Waals surface area contributed by atoms with Gasteiger partial charge in [-0.15, -0.1) is 0 Å². The minimum Gasteiger partial charge on any atom is -0.462 e. The van der Waals surface area contributed by atoms with E-state index in [1.807, 2.05) is 22.6 Å². The molecule has 0 aromatic heterocycles. The van der Waals surface area contributed by atoms with Crippen molar-refractivity contribution >= 4 is 38.8 Å². The van der Waals surface area contributed by atoms with Crippen LogP contribution in [0.15, 0.2) is 18.2 Å². The molecule has 0 fully saturated rings. The van der Waals surface area contributed by atoms with E-state index in [0.717, 1.165) is 22.7 Å². The Hall–Kier alpha value is -0.433. The van der Waals surface area contributed by atoms with Gasteiger partial charge >= 0.3 is 5.97 Å². The fraction of sp³-hybridized carbons (Fsp3) is 0.300. The smallest absolute Gasteiger partial charge is 0.339 e. The molecule has 82 valence electrons. The normalized spacial score (nSPS) is 10.3. The molecule has 0 aliphatic carbocycles.